The average molecular weight is 357 g/mol. The number of anilines is 1. The summed E-state index contributed by atoms with van der Waals surface area (Å²) in [6.45, 7) is 2.90. The van der Waals surface area contributed by atoms with E-state index in [4.69, 9.17) is 11.6 Å². The number of carbonyl (C=O) groups excluding carboxylic acids is 1. The summed E-state index contributed by atoms with van der Waals surface area (Å²) >= 11 is 5.77. The molecule has 1 amide bonds. The number of rotatable bonds is 5. The van der Waals surface area contributed by atoms with Crippen LogP contribution in [-0.2, 0) is 14.8 Å². The molecule has 7 nitrogen and oxygen atoms in total. The molecule has 9 heteroatoms. The molecule has 0 atom stereocenters. The lowest BCUT2D eigenvalue weighted by atomic mass is 10.3. The number of aromatic nitrogens is 2. The van der Waals surface area contributed by atoms with Crippen molar-refractivity contribution in [2.24, 2.45) is 0 Å². The molecular formula is C14H17ClN4O3S. The predicted octanol–water partition coefficient (Wildman–Crippen LogP) is 1.94. The quantitative estimate of drug-likeness (QED) is 0.855. The molecule has 1 heterocycles. The minimum atomic E-state index is -3.79. The van der Waals surface area contributed by atoms with E-state index in [1.165, 1.54) is 7.05 Å². The highest BCUT2D eigenvalue weighted by atomic mass is 35.5. The fourth-order valence-corrected chi connectivity index (χ4v) is 3.67. The molecule has 0 fully saturated rings. The van der Waals surface area contributed by atoms with Crippen molar-refractivity contribution < 1.29 is 13.2 Å². The molecule has 0 radical (unpaired) electrons. The molecule has 2 N–H and O–H groups in total. The normalized spacial score (nSPS) is 11.7. The molecule has 0 saturated carbocycles. The summed E-state index contributed by atoms with van der Waals surface area (Å²) in [5.74, 6) is -0.447. The van der Waals surface area contributed by atoms with Gasteiger partial charge in [0.1, 0.15) is 4.90 Å². The Morgan fingerprint density at radius 3 is 2.43 bits per heavy atom. The number of hydrogen-bond donors (Lipinski definition) is 2. The van der Waals surface area contributed by atoms with E-state index in [1.807, 2.05) is 0 Å². The van der Waals surface area contributed by atoms with Gasteiger partial charge in [0.2, 0.25) is 15.9 Å². The van der Waals surface area contributed by atoms with E-state index in [1.54, 1.807) is 38.1 Å². The molecular weight excluding hydrogens is 340 g/mol. The number of halogens is 1. The first-order chi connectivity index (χ1) is 10.7. The van der Waals surface area contributed by atoms with Gasteiger partial charge < -0.3 is 5.32 Å². The molecule has 1 aromatic carbocycles. The maximum Gasteiger partial charge on any atom is 0.246 e. The summed E-state index contributed by atoms with van der Waals surface area (Å²) in [7, 11) is -2.44. The topological polar surface area (TPSA) is 95.2 Å². The zero-order valence-corrected chi connectivity index (χ0v) is 14.5. The number of nitrogens with one attached hydrogen (secondary N) is 2. The number of aryl methyl sites for hydroxylation is 2. The van der Waals surface area contributed by atoms with Gasteiger partial charge in [-0.2, -0.15) is 9.40 Å². The Balaban J connectivity index is 2.10. The highest BCUT2D eigenvalue weighted by Gasteiger charge is 2.28. The number of sulfonamides is 1. The second kappa shape index (κ2) is 6.69. The van der Waals surface area contributed by atoms with E-state index in [-0.39, 0.29) is 11.4 Å². The SMILES string of the molecule is Cc1n[nH]c(C)c1S(=O)(=O)N(C)CC(=O)Nc1ccc(Cl)cc1. The number of hydrogen-bond acceptors (Lipinski definition) is 4. The van der Waals surface area contributed by atoms with Gasteiger partial charge in [-0.1, -0.05) is 11.6 Å². The molecule has 124 valence electrons. The van der Waals surface area contributed by atoms with Gasteiger partial charge in [0.05, 0.1) is 17.9 Å². The van der Waals surface area contributed by atoms with Crippen molar-refractivity contribution in [2.45, 2.75) is 18.7 Å². The van der Waals surface area contributed by atoms with Crippen LogP contribution < -0.4 is 5.32 Å². The average Bonchev–Trinajstić information content (AvgIpc) is 2.81. The van der Waals surface area contributed by atoms with Crippen LogP contribution in [0, 0.1) is 13.8 Å². The van der Waals surface area contributed by atoms with Gasteiger partial charge in [-0.3, -0.25) is 9.89 Å². The first kappa shape index (κ1) is 17.5. The van der Waals surface area contributed by atoms with Crippen molar-refractivity contribution in [1.82, 2.24) is 14.5 Å². The lowest BCUT2D eigenvalue weighted by Crippen LogP contribution is -2.35. The van der Waals surface area contributed by atoms with Crippen LogP contribution >= 0.6 is 11.6 Å². The Morgan fingerprint density at radius 2 is 1.91 bits per heavy atom. The first-order valence-corrected chi connectivity index (χ1v) is 8.57. The summed E-state index contributed by atoms with van der Waals surface area (Å²) in [5.41, 5.74) is 1.35. The third-order valence-electron chi connectivity index (χ3n) is 3.22. The van der Waals surface area contributed by atoms with Gasteiger partial charge in [-0.05, 0) is 38.1 Å². The van der Waals surface area contributed by atoms with Gasteiger partial charge in [-0.15, -0.1) is 0 Å². The van der Waals surface area contributed by atoms with Crippen LogP contribution in [0.25, 0.3) is 0 Å². The smallest absolute Gasteiger partial charge is 0.246 e. The zero-order valence-electron chi connectivity index (χ0n) is 12.9. The fraction of sp³-hybridized carbons (Fsp3) is 0.286. The molecule has 0 aliphatic rings. The molecule has 0 spiro atoms. The van der Waals surface area contributed by atoms with Crippen molar-refractivity contribution >= 4 is 33.2 Å². The number of likely N-dealkylation sites (N-methyl/N-ethyl adjacent to an activating group) is 1. The number of carbonyl (C=O) groups is 1. The molecule has 23 heavy (non-hydrogen) atoms. The minimum absolute atomic E-state index is 0.0966. The molecule has 0 aliphatic carbocycles. The van der Waals surface area contributed by atoms with Crippen molar-refractivity contribution in [3.05, 3.63) is 40.7 Å². The molecule has 0 saturated heterocycles. The Hall–Kier alpha value is -1.90. The van der Waals surface area contributed by atoms with Crippen LogP contribution in [0.3, 0.4) is 0 Å². The van der Waals surface area contributed by atoms with Crippen LogP contribution in [-0.4, -0.2) is 42.4 Å². The van der Waals surface area contributed by atoms with Crippen LogP contribution in [0.4, 0.5) is 5.69 Å². The Morgan fingerprint density at radius 1 is 1.30 bits per heavy atom. The monoisotopic (exact) mass is 356 g/mol. The third kappa shape index (κ3) is 3.90. The number of aromatic amines is 1. The highest BCUT2D eigenvalue weighted by Crippen LogP contribution is 2.20. The Kier molecular flexibility index (Phi) is 5.08. The van der Waals surface area contributed by atoms with E-state index in [2.05, 4.69) is 15.5 Å². The number of benzene rings is 1. The van der Waals surface area contributed by atoms with Gasteiger partial charge in [0.15, 0.2) is 0 Å². The lowest BCUT2D eigenvalue weighted by Gasteiger charge is -2.17. The van der Waals surface area contributed by atoms with Gasteiger partial charge >= 0.3 is 0 Å². The summed E-state index contributed by atoms with van der Waals surface area (Å²) in [5, 5.41) is 9.67. The van der Waals surface area contributed by atoms with Gasteiger partial charge in [0.25, 0.3) is 0 Å². The molecule has 2 aromatic rings. The number of amides is 1. The Bertz CT molecular complexity index is 796. The van der Waals surface area contributed by atoms with Crippen molar-refractivity contribution in [1.29, 1.82) is 0 Å². The maximum atomic E-state index is 12.5. The summed E-state index contributed by atoms with van der Waals surface area (Å²) < 4.78 is 26.1. The van der Waals surface area contributed by atoms with Crippen molar-refractivity contribution in [2.75, 3.05) is 18.9 Å². The Labute approximate surface area is 139 Å². The molecule has 0 unspecified atom stereocenters. The van der Waals surface area contributed by atoms with Crippen LogP contribution in [0.5, 0.6) is 0 Å². The molecule has 0 bridgehead atoms. The van der Waals surface area contributed by atoms with Crippen molar-refractivity contribution in [3.63, 3.8) is 0 Å². The van der Waals surface area contributed by atoms with Crippen LogP contribution in [0.15, 0.2) is 29.2 Å². The van der Waals surface area contributed by atoms with E-state index in [0.717, 1.165) is 4.31 Å². The van der Waals surface area contributed by atoms with Crippen LogP contribution in [0.1, 0.15) is 11.4 Å². The van der Waals surface area contributed by atoms with Gasteiger partial charge in [0, 0.05) is 17.8 Å². The van der Waals surface area contributed by atoms with Crippen LogP contribution in [0.2, 0.25) is 5.02 Å². The predicted molar refractivity (Wildman–Crippen MR) is 88.0 cm³/mol. The third-order valence-corrected chi connectivity index (χ3v) is 5.54. The molecule has 0 aliphatic heterocycles. The summed E-state index contributed by atoms with van der Waals surface area (Å²) in [6, 6.07) is 6.55. The second-order valence-electron chi connectivity index (χ2n) is 5.08. The molecule has 1 aromatic heterocycles. The number of nitrogens with zero attached hydrogens (tertiary/aromatic N) is 2. The summed E-state index contributed by atoms with van der Waals surface area (Å²) in [6.07, 6.45) is 0. The minimum Gasteiger partial charge on any atom is -0.325 e. The summed E-state index contributed by atoms with van der Waals surface area (Å²) in [4.78, 5) is 12.1. The van der Waals surface area contributed by atoms with E-state index >= 15 is 0 Å². The largest absolute Gasteiger partial charge is 0.325 e. The molecule has 2 rings (SSSR count). The van der Waals surface area contributed by atoms with E-state index in [0.29, 0.717) is 22.1 Å². The standard InChI is InChI=1S/C14H17ClN4O3S/c1-9-14(10(2)18-17-9)23(21,22)19(3)8-13(20)16-12-6-4-11(15)5-7-12/h4-7H,8H2,1-3H3,(H,16,20)(H,17,18). The van der Waals surface area contributed by atoms with E-state index < -0.39 is 15.9 Å². The fourth-order valence-electron chi connectivity index (χ4n) is 2.10. The second-order valence-corrected chi connectivity index (χ2v) is 7.50. The highest BCUT2D eigenvalue weighted by molar-refractivity contribution is 7.89. The maximum absolute atomic E-state index is 12.5. The first-order valence-electron chi connectivity index (χ1n) is 6.75. The van der Waals surface area contributed by atoms with E-state index in [9.17, 15) is 13.2 Å². The van der Waals surface area contributed by atoms with Crippen molar-refractivity contribution in [3.8, 4) is 0 Å². The zero-order chi connectivity index (χ0) is 17.2. The van der Waals surface area contributed by atoms with Gasteiger partial charge in [-0.25, -0.2) is 8.42 Å². The lowest BCUT2D eigenvalue weighted by molar-refractivity contribution is -0.116. The number of H-pyrrole nitrogens is 1.